The minimum atomic E-state index is -1.08. The molecule has 4 nitrogen and oxygen atoms in total. The van der Waals surface area contributed by atoms with E-state index in [-0.39, 0.29) is 19.1 Å². The van der Waals surface area contributed by atoms with Crippen molar-refractivity contribution in [1.82, 2.24) is 0 Å². The van der Waals surface area contributed by atoms with Gasteiger partial charge in [-0.05, 0) is 25.7 Å². The molecule has 0 saturated heterocycles. The zero-order valence-electron chi connectivity index (χ0n) is 7.12. The number of carboxylic acid groups (broad SMARTS) is 1. The third-order valence-corrected chi connectivity index (χ3v) is 2.27. The van der Waals surface area contributed by atoms with Crippen molar-refractivity contribution in [3.8, 4) is 0 Å². The van der Waals surface area contributed by atoms with E-state index >= 15 is 0 Å². The van der Waals surface area contributed by atoms with Crippen molar-refractivity contribution < 1.29 is 19.7 Å². The molecule has 1 saturated carbocycles. The third kappa shape index (κ3) is 1.76. The Morgan fingerprint density at radius 2 is 2.25 bits per heavy atom. The van der Waals surface area contributed by atoms with Crippen molar-refractivity contribution in [1.29, 1.82) is 0 Å². The SMILES string of the molecule is CC(OCCO)(C(=O)O)C1CC1. The van der Waals surface area contributed by atoms with Gasteiger partial charge in [0.2, 0.25) is 0 Å². The second-order valence-electron chi connectivity index (χ2n) is 3.26. The summed E-state index contributed by atoms with van der Waals surface area (Å²) in [6, 6.07) is 0. The maximum atomic E-state index is 10.8. The van der Waals surface area contributed by atoms with Gasteiger partial charge in [-0.25, -0.2) is 4.79 Å². The van der Waals surface area contributed by atoms with E-state index in [1.54, 1.807) is 6.92 Å². The highest BCUT2D eigenvalue weighted by atomic mass is 16.5. The largest absolute Gasteiger partial charge is 0.479 e. The number of hydrogen-bond donors (Lipinski definition) is 2. The number of carbonyl (C=O) groups is 1. The average molecular weight is 174 g/mol. The van der Waals surface area contributed by atoms with Gasteiger partial charge in [-0.2, -0.15) is 0 Å². The zero-order chi connectivity index (χ0) is 9.19. The fourth-order valence-corrected chi connectivity index (χ4v) is 1.25. The molecule has 0 aromatic carbocycles. The summed E-state index contributed by atoms with van der Waals surface area (Å²) < 4.78 is 5.11. The predicted octanol–water partition coefficient (Wildman–Crippen LogP) is 0.249. The van der Waals surface area contributed by atoms with Gasteiger partial charge in [0.1, 0.15) is 0 Å². The lowest BCUT2D eigenvalue weighted by Gasteiger charge is -2.24. The van der Waals surface area contributed by atoms with E-state index in [0.717, 1.165) is 12.8 Å². The molecule has 0 aromatic heterocycles. The Morgan fingerprint density at radius 3 is 2.58 bits per heavy atom. The maximum Gasteiger partial charge on any atom is 0.335 e. The molecule has 1 rings (SSSR count). The molecule has 1 unspecified atom stereocenters. The molecule has 1 aliphatic carbocycles. The van der Waals surface area contributed by atoms with Crippen LogP contribution >= 0.6 is 0 Å². The summed E-state index contributed by atoms with van der Waals surface area (Å²) in [6.07, 6.45) is 1.82. The van der Waals surface area contributed by atoms with Crippen molar-refractivity contribution in [2.75, 3.05) is 13.2 Å². The van der Waals surface area contributed by atoms with Crippen molar-refractivity contribution >= 4 is 5.97 Å². The van der Waals surface area contributed by atoms with Gasteiger partial charge in [-0.15, -0.1) is 0 Å². The van der Waals surface area contributed by atoms with E-state index in [4.69, 9.17) is 14.9 Å². The monoisotopic (exact) mass is 174 g/mol. The lowest BCUT2D eigenvalue weighted by Crippen LogP contribution is -2.41. The molecule has 1 aliphatic rings. The molecule has 0 spiro atoms. The van der Waals surface area contributed by atoms with Crippen LogP contribution in [0.3, 0.4) is 0 Å². The highest BCUT2D eigenvalue weighted by Gasteiger charge is 2.48. The Hall–Kier alpha value is -0.610. The molecule has 0 aromatic rings. The van der Waals surface area contributed by atoms with E-state index < -0.39 is 11.6 Å². The normalized spacial score (nSPS) is 21.8. The standard InChI is InChI=1S/C8H14O4/c1-8(7(10)11,6-2-3-6)12-5-4-9/h6,9H,2-5H2,1H3,(H,10,11). The van der Waals surface area contributed by atoms with Gasteiger partial charge < -0.3 is 14.9 Å². The number of carboxylic acids is 1. The molecule has 0 radical (unpaired) electrons. The Morgan fingerprint density at radius 1 is 1.67 bits per heavy atom. The van der Waals surface area contributed by atoms with Crippen LogP contribution < -0.4 is 0 Å². The topological polar surface area (TPSA) is 66.8 Å². The van der Waals surface area contributed by atoms with Crippen molar-refractivity contribution in [3.05, 3.63) is 0 Å². The molecule has 0 amide bonds. The molecular weight excluding hydrogens is 160 g/mol. The van der Waals surface area contributed by atoms with Crippen LogP contribution in [0.5, 0.6) is 0 Å². The Labute approximate surface area is 71.2 Å². The van der Waals surface area contributed by atoms with Crippen LogP contribution in [0.25, 0.3) is 0 Å². The maximum absolute atomic E-state index is 10.8. The lowest BCUT2D eigenvalue weighted by atomic mass is 10.0. The minimum Gasteiger partial charge on any atom is -0.479 e. The van der Waals surface area contributed by atoms with Crippen LogP contribution in [0, 0.1) is 5.92 Å². The highest BCUT2D eigenvalue weighted by Crippen LogP contribution is 2.41. The van der Waals surface area contributed by atoms with E-state index in [2.05, 4.69) is 0 Å². The second kappa shape index (κ2) is 3.41. The number of ether oxygens (including phenoxy) is 1. The highest BCUT2D eigenvalue weighted by molar-refractivity contribution is 5.77. The molecule has 70 valence electrons. The molecule has 2 N–H and O–H groups in total. The summed E-state index contributed by atoms with van der Waals surface area (Å²) in [7, 11) is 0. The molecule has 0 bridgehead atoms. The summed E-state index contributed by atoms with van der Waals surface area (Å²) >= 11 is 0. The first kappa shape index (κ1) is 9.48. The first-order valence-corrected chi connectivity index (χ1v) is 4.09. The average Bonchev–Trinajstić information content (AvgIpc) is 2.82. The quantitative estimate of drug-likeness (QED) is 0.627. The van der Waals surface area contributed by atoms with Crippen LogP contribution in [0.4, 0.5) is 0 Å². The van der Waals surface area contributed by atoms with Crippen molar-refractivity contribution in [2.45, 2.75) is 25.4 Å². The van der Waals surface area contributed by atoms with Crippen LogP contribution in [-0.4, -0.2) is 35.0 Å². The summed E-state index contributed by atoms with van der Waals surface area (Å²) in [5.41, 5.74) is -1.08. The molecule has 0 aliphatic heterocycles. The van der Waals surface area contributed by atoms with Crippen molar-refractivity contribution in [3.63, 3.8) is 0 Å². The summed E-state index contributed by atoms with van der Waals surface area (Å²) in [5, 5.41) is 17.4. The molecule has 4 heteroatoms. The van der Waals surface area contributed by atoms with Crippen LogP contribution in [0.1, 0.15) is 19.8 Å². The number of hydrogen-bond acceptors (Lipinski definition) is 3. The lowest BCUT2D eigenvalue weighted by molar-refractivity contribution is -0.167. The molecule has 0 heterocycles. The van der Waals surface area contributed by atoms with E-state index in [1.165, 1.54) is 0 Å². The van der Waals surface area contributed by atoms with E-state index in [9.17, 15) is 4.79 Å². The van der Waals surface area contributed by atoms with E-state index in [0.29, 0.717) is 0 Å². The second-order valence-corrected chi connectivity index (χ2v) is 3.26. The smallest absolute Gasteiger partial charge is 0.335 e. The summed E-state index contributed by atoms with van der Waals surface area (Å²) in [6.45, 7) is 1.54. The fourth-order valence-electron chi connectivity index (χ4n) is 1.25. The Bertz CT molecular complexity index is 176. The van der Waals surface area contributed by atoms with Crippen molar-refractivity contribution in [2.24, 2.45) is 5.92 Å². The molecule has 1 atom stereocenters. The van der Waals surface area contributed by atoms with Gasteiger partial charge in [-0.1, -0.05) is 0 Å². The number of aliphatic hydroxyl groups excluding tert-OH is 1. The van der Waals surface area contributed by atoms with Gasteiger partial charge in [0.05, 0.1) is 13.2 Å². The van der Waals surface area contributed by atoms with Gasteiger partial charge >= 0.3 is 5.97 Å². The molecular formula is C8H14O4. The van der Waals surface area contributed by atoms with Crippen LogP contribution in [0.2, 0.25) is 0 Å². The van der Waals surface area contributed by atoms with E-state index in [1.807, 2.05) is 0 Å². The molecule has 1 fully saturated rings. The van der Waals surface area contributed by atoms with Gasteiger partial charge in [0.15, 0.2) is 5.60 Å². The van der Waals surface area contributed by atoms with Gasteiger partial charge in [0.25, 0.3) is 0 Å². The summed E-state index contributed by atoms with van der Waals surface area (Å²) in [4.78, 5) is 10.8. The van der Waals surface area contributed by atoms with Crippen LogP contribution in [-0.2, 0) is 9.53 Å². The predicted molar refractivity (Wildman–Crippen MR) is 41.8 cm³/mol. The zero-order valence-corrected chi connectivity index (χ0v) is 7.12. The summed E-state index contributed by atoms with van der Waals surface area (Å²) in [5.74, 6) is -0.806. The number of aliphatic carboxylic acids is 1. The van der Waals surface area contributed by atoms with Crippen LogP contribution in [0.15, 0.2) is 0 Å². The van der Waals surface area contributed by atoms with Gasteiger partial charge in [-0.3, -0.25) is 0 Å². The number of rotatable bonds is 5. The first-order valence-electron chi connectivity index (χ1n) is 4.09. The Kier molecular flexibility index (Phi) is 2.69. The van der Waals surface area contributed by atoms with Gasteiger partial charge in [0, 0.05) is 0 Å². The third-order valence-electron chi connectivity index (χ3n) is 2.27. The fraction of sp³-hybridized carbons (Fsp3) is 0.875. The number of aliphatic hydroxyl groups is 1. The minimum absolute atomic E-state index is 0.0965. The Balaban J connectivity index is 2.52. The molecule has 12 heavy (non-hydrogen) atoms. The first-order chi connectivity index (χ1) is 5.61.